The fraction of sp³-hybridized carbons (Fsp3) is 0.417. The van der Waals surface area contributed by atoms with Crippen molar-refractivity contribution in [3.8, 4) is 0 Å². The molecule has 1 aromatic heterocycles. The Morgan fingerprint density at radius 2 is 2.11 bits per heavy atom. The Morgan fingerprint density at radius 1 is 1.39 bits per heavy atom. The molecular formula is C12H13BrFN3S. The summed E-state index contributed by atoms with van der Waals surface area (Å²) in [5.74, 6) is 2.47. The van der Waals surface area contributed by atoms with Crippen LogP contribution in [0.4, 0.5) is 10.3 Å². The van der Waals surface area contributed by atoms with Crippen LogP contribution >= 0.6 is 27.7 Å². The van der Waals surface area contributed by atoms with E-state index in [1.807, 2.05) is 16.3 Å². The third kappa shape index (κ3) is 2.01. The minimum Gasteiger partial charge on any atom is -0.369 e. The summed E-state index contributed by atoms with van der Waals surface area (Å²) in [5.41, 5.74) is 7.54. The number of nitrogens with zero attached hydrogens (tertiary/aromatic N) is 2. The van der Waals surface area contributed by atoms with Gasteiger partial charge in [-0.1, -0.05) is 0 Å². The van der Waals surface area contributed by atoms with Crippen LogP contribution in [0.25, 0.3) is 11.0 Å². The number of fused-ring (bicyclic) bond motifs is 1. The third-order valence-electron chi connectivity index (χ3n) is 3.31. The van der Waals surface area contributed by atoms with Crippen molar-refractivity contribution in [1.82, 2.24) is 9.55 Å². The highest BCUT2D eigenvalue weighted by Crippen LogP contribution is 2.33. The lowest BCUT2D eigenvalue weighted by Crippen LogP contribution is -2.17. The molecule has 1 aliphatic heterocycles. The van der Waals surface area contributed by atoms with Crippen LogP contribution < -0.4 is 5.73 Å². The van der Waals surface area contributed by atoms with Gasteiger partial charge in [-0.05, 0) is 46.3 Å². The van der Waals surface area contributed by atoms with E-state index in [1.165, 1.54) is 6.07 Å². The van der Waals surface area contributed by atoms with Crippen molar-refractivity contribution in [1.29, 1.82) is 0 Å². The highest BCUT2D eigenvalue weighted by Gasteiger charge is 2.21. The topological polar surface area (TPSA) is 43.8 Å². The summed E-state index contributed by atoms with van der Waals surface area (Å²) in [6, 6.07) is 3.55. The van der Waals surface area contributed by atoms with Crippen molar-refractivity contribution in [2.45, 2.75) is 18.9 Å². The molecule has 0 spiro atoms. The number of rotatable bonds is 1. The summed E-state index contributed by atoms with van der Waals surface area (Å²) in [5, 5.41) is 0. The standard InChI is InChI=1S/C12H13BrFN3S/c13-8-5-10-11(6-9(8)14)17(12(15)16-10)7-1-3-18-4-2-7/h5-7H,1-4H2,(H2,15,16). The zero-order valence-corrected chi connectivity index (χ0v) is 12.1. The number of halogens is 2. The van der Waals surface area contributed by atoms with Crippen LogP contribution in [-0.4, -0.2) is 21.1 Å². The summed E-state index contributed by atoms with van der Waals surface area (Å²) < 4.78 is 16.1. The minimum absolute atomic E-state index is 0.270. The minimum atomic E-state index is -0.270. The van der Waals surface area contributed by atoms with Crippen molar-refractivity contribution < 1.29 is 4.39 Å². The van der Waals surface area contributed by atoms with Gasteiger partial charge in [-0.3, -0.25) is 0 Å². The molecule has 3 nitrogen and oxygen atoms in total. The summed E-state index contributed by atoms with van der Waals surface area (Å²) in [6.07, 6.45) is 2.13. The van der Waals surface area contributed by atoms with Gasteiger partial charge in [0.25, 0.3) is 0 Å². The first kappa shape index (κ1) is 12.3. The number of nitrogens with two attached hydrogens (primary N) is 1. The van der Waals surface area contributed by atoms with E-state index in [0.29, 0.717) is 16.5 Å². The molecule has 0 unspecified atom stereocenters. The van der Waals surface area contributed by atoms with Gasteiger partial charge in [-0.25, -0.2) is 9.37 Å². The monoisotopic (exact) mass is 329 g/mol. The fourth-order valence-corrected chi connectivity index (χ4v) is 3.85. The van der Waals surface area contributed by atoms with Gasteiger partial charge in [0.15, 0.2) is 0 Å². The SMILES string of the molecule is Nc1nc2cc(Br)c(F)cc2n1C1CCSCC1. The van der Waals surface area contributed by atoms with Gasteiger partial charge in [0.05, 0.1) is 15.5 Å². The highest BCUT2D eigenvalue weighted by atomic mass is 79.9. The Hall–Kier alpha value is -0.750. The molecule has 1 aliphatic rings. The second-order valence-electron chi connectivity index (χ2n) is 4.44. The van der Waals surface area contributed by atoms with Crippen molar-refractivity contribution in [2.24, 2.45) is 0 Å². The van der Waals surface area contributed by atoms with Crippen LogP contribution in [0, 0.1) is 5.82 Å². The second-order valence-corrected chi connectivity index (χ2v) is 6.52. The molecule has 0 bridgehead atoms. The number of benzene rings is 1. The summed E-state index contributed by atoms with van der Waals surface area (Å²) >= 11 is 5.13. The number of thioether (sulfide) groups is 1. The number of hydrogen-bond donors (Lipinski definition) is 1. The molecule has 1 fully saturated rings. The van der Waals surface area contributed by atoms with Crippen LogP contribution in [0.1, 0.15) is 18.9 Å². The average Bonchev–Trinajstić information content (AvgIpc) is 2.66. The van der Waals surface area contributed by atoms with Gasteiger partial charge in [0.1, 0.15) is 5.82 Å². The lowest BCUT2D eigenvalue weighted by molar-refractivity contribution is 0.486. The van der Waals surface area contributed by atoms with Gasteiger partial charge in [-0.2, -0.15) is 11.8 Å². The first-order valence-electron chi connectivity index (χ1n) is 5.87. The first-order chi connectivity index (χ1) is 8.66. The zero-order chi connectivity index (χ0) is 12.7. The predicted octanol–water partition coefficient (Wildman–Crippen LogP) is 3.59. The molecule has 96 valence electrons. The number of imidazole rings is 1. The van der Waals surface area contributed by atoms with Crippen LogP contribution in [0.5, 0.6) is 0 Å². The fourth-order valence-electron chi connectivity index (χ4n) is 2.44. The number of anilines is 1. The van der Waals surface area contributed by atoms with Gasteiger partial charge in [0, 0.05) is 12.1 Å². The Labute approximate surface area is 117 Å². The summed E-state index contributed by atoms with van der Waals surface area (Å²) in [7, 11) is 0. The van der Waals surface area contributed by atoms with Crippen molar-refractivity contribution in [3.05, 3.63) is 22.4 Å². The first-order valence-corrected chi connectivity index (χ1v) is 7.82. The van der Waals surface area contributed by atoms with E-state index in [4.69, 9.17) is 5.73 Å². The zero-order valence-electron chi connectivity index (χ0n) is 9.70. The molecule has 2 N–H and O–H groups in total. The van der Waals surface area contributed by atoms with E-state index < -0.39 is 0 Å². The van der Waals surface area contributed by atoms with Gasteiger partial charge < -0.3 is 10.3 Å². The molecule has 3 rings (SSSR count). The largest absolute Gasteiger partial charge is 0.369 e. The van der Waals surface area contributed by atoms with E-state index in [1.54, 1.807) is 6.07 Å². The predicted molar refractivity (Wildman–Crippen MR) is 77.4 cm³/mol. The lowest BCUT2D eigenvalue weighted by Gasteiger charge is -2.24. The maximum absolute atomic E-state index is 13.7. The molecular weight excluding hydrogens is 317 g/mol. The molecule has 18 heavy (non-hydrogen) atoms. The molecule has 0 atom stereocenters. The van der Waals surface area contributed by atoms with Gasteiger partial charge >= 0.3 is 0 Å². The molecule has 1 aromatic carbocycles. The van der Waals surface area contributed by atoms with Gasteiger partial charge in [-0.15, -0.1) is 0 Å². The molecule has 1 saturated heterocycles. The Kier molecular flexibility index (Phi) is 3.23. The molecule has 6 heteroatoms. The second kappa shape index (κ2) is 4.74. The van der Waals surface area contributed by atoms with Crippen molar-refractivity contribution >= 4 is 44.7 Å². The third-order valence-corrected chi connectivity index (χ3v) is 4.97. The molecule has 0 radical (unpaired) electrons. The molecule has 0 aliphatic carbocycles. The van der Waals surface area contributed by atoms with Gasteiger partial charge in [0.2, 0.25) is 5.95 Å². The van der Waals surface area contributed by atoms with Crippen LogP contribution in [0.15, 0.2) is 16.6 Å². The molecule has 2 aromatic rings. The Balaban J connectivity index is 2.15. The Morgan fingerprint density at radius 3 is 2.83 bits per heavy atom. The van der Waals surface area contributed by atoms with Crippen LogP contribution in [0.2, 0.25) is 0 Å². The van der Waals surface area contributed by atoms with E-state index in [-0.39, 0.29) is 5.82 Å². The molecule has 2 heterocycles. The van der Waals surface area contributed by atoms with Crippen molar-refractivity contribution in [3.63, 3.8) is 0 Å². The molecule has 0 amide bonds. The van der Waals surface area contributed by atoms with Crippen molar-refractivity contribution in [2.75, 3.05) is 17.2 Å². The lowest BCUT2D eigenvalue weighted by atomic mass is 10.1. The van der Waals surface area contributed by atoms with E-state index in [0.717, 1.165) is 35.4 Å². The van der Waals surface area contributed by atoms with Crippen LogP contribution in [-0.2, 0) is 0 Å². The summed E-state index contributed by atoms with van der Waals surface area (Å²) in [4.78, 5) is 4.33. The number of hydrogen-bond acceptors (Lipinski definition) is 3. The highest BCUT2D eigenvalue weighted by molar-refractivity contribution is 9.10. The Bertz CT molecular complexity index is 593. The van der Waals surface area contributed by atoms with E-state index in [9.17, 15) is 4.39 Å². The smallest absolute Gasteiger partial charge is 0.201 e. The van der Waals surface area contributed by atoms with E-state index >= 15 is 0 Å². The maximum atomic E-state index is 13.7. The maximum Gasteiger partial charge on any atom is 0.201 e. The number of aromatic nitrogens is 2. The number of nitrogen functional groups attached to an aromatic ring is 1. The normalized spacial score (nSPS) is 17.4. The van der Waals surface area contributed by atoms with Crippen LogP contribution in [0.3, 0.4) is 0 Å². The average molecular weight is 330 g/mol. The summed E-state index contributed by atoms with van der Waals surface area (Å²) in [6.45, 7) is 0. The van der Waals surface area contributed by atoms with E-state index in [2.05, 4.69) is 20.9 Å². The molecule has 0 saturated carbocycles. The quantitative estimate of drug-likeness (QED) is 0.869.